The molecule has 0 N–H and O–H groups in total. The van der Waals surface area contributed by atoms with Crippen molar-refractivity contribution in [2.24, 2.45) is 0 Å². The Hall–Kier alpha value is -3.41. The van der Waals surface area contributed by atoms with E-state index in [0.29, 0.717) is 19.3 Å². The van der Waals surface area contributed by atoms with E-state index in [2.05, 4.69) is 106 Å². The molecule has 1 atom stereocenters. The molecule has 0 spiro atoms. The fourth-order valence-electron chi connectivity index (χ4n) is 9.27. The lowest BCUT2D eigenvalue weighted by molar-refractivity contribution is -0.167. The van der Waals surface area contributed by atoms with Gasteiger partial charge in [0, 0.05) is 19.3 Å². The first-order chi connectivity index (χ1) is 37.5. The van der Waals surface area contributed by atoms with E-state index in [4.69, 9.17) is 14.2 Å². The number of hydrogen-bond donors (Lipinski definition) is 0. The molecule has 0 aliphatic carbocycles. The third kappa shape index (κ3) is 61.4. The molecule has 1 unspecified atom stereocenters. The molecule has 0 aliphatic heterocycles. The van der Waals surface area contributed by atoms with Gasteiger partial charge < -0.3 is 14.2 Å². The van der Waals surface area contributed by atoms with Gasteiger partial charge in [0.15, 0.2) is 6.10 Å². The summed E-state index contributed by atoms with van der Waals surface area (Å²) in [5.74, 6) is -0.898. The average molecular weight is 1060 g/mol. The standard InChI is InChI=1S/C70H122O6/c1-4-7-10-13-16-19-22-25-28-31-33-34-35-36-37-40-42-45-48-51-54-57-60-63-69(72)75-66-67(65-74-68(71)62-59-56-53-50-47-44-41-38-30-27-24-21-18-15-12-9-6-3)76-70(73)64-61-58-55-52-49-46-43-39-32-29-26-23-20-17-14-11-8-5-2/h7,10,16,19,25,28-29,32-34,36-37,42,45,67H,4-6,8-9,11-15,17-18,20-24,26-27,30-31,35,38-41,43-44,46-66H2,1-3H3/b10-7-,19-16-,28-25-,32-29-,34-33-,37-36-,45-42-. The first-order valence-electron chi connectivity index (χ1n) is 32.6. The van der Waals surface area contributed by atoms with Crippen molar-refractivity contribution in [1.82, 2.24) is 0 Å². The van der Waals surface area contributed by atoms with E-state index in [1.165, 1.54) is 173 Å². The predicted octanol–water partition coefficient (Wildman–Crippen LogP) is 22.3. The van der Waals surface area contributed by atoms with Gasteiger partial charge in [-0.15, -0.1) is 0 Å². The number of carbonyl (C=O) groups is 3. The van der Waals surface area contributed by atoms with Gasteiger partial charge in [-0.1, -0.05) is 292 Å². The Balaban J connectivity index is 4.42. The van der Waals surface area contributed by atoms with Gasteiger partial charge in [0.1, 0.15) is 13.2 Å². The molecule has 0 aromatic heterocycles. The molecule has 0 saturated heterocycles. The van der Waals surface area contributed by atoms with Gasteiger partial charge in [0.2, 0.25) is 0 Å². The van der Waals surface area contributed by atoms with Crippen LogP contribution < -0.4 is 0 Å². The van der Waals surface area contributed by atoms with E-state index in [1.807, 2.05) is 0 Å². The van der Waals surface area contributed by atoms with Crippen LogP contribution in [0, 0.1) is 0 Å². The molecule has 0 radical (unpaired) electrons. The number of unbranched alkanes of at least 4 members (excludes halogenated alkanes) is 34. The zero-order chi connectivity index (χ0) is 55.0. The second-order valence-electron chi connectivity index (χ2n) is 21.6. The highest BCUT2D eigenvalue weighted by atomic mass is 16.6. The monoisotopic (exact) mass is 1060 g/mol. The van der Waals surface area contributed by atoms with Gasteiger partial charge in [-0.2, -0.15) is 0 Å². The van der Waals surface area contributed by atoms with Crippen LogP contribution in [0.5, 0.6) is 0 Å². The van der Waals surface area contributed by atoms with Crippen LogP contribution in [0.2, 0.25) is 0 Å². The summed E-state index contributed by atoms with van der Waals surface area (Å²) in [5, 5.41) is 0. The van der Waals surface area contributed by atoms with Crippen LogP contribution in [-0.2, 0) is 28.6 Å². The number of carbonyl (C=O) groups excluding carboxylic acids is 3. The smallest absolute Gasteiger partial charge is 0.306 e. The Morgan fingerprint density at radius 3 is 0.816 bits per heavy atom. The minimum Gasteiger partial charge on any atom is -0.462 e. The number of esters is 3. The normalized spacial score (nSPS) is 12.6. The number of allylic oxidation sites excluding steroid dienone is 14. The van der Waals surface area contributed by atoms with E-state index in [9.17, 15) is 14.4 Å². The molecule has 0 aromatic carbocycles. The second kappa shape index (κ2) is 64.1. The molecule has 0 bridgehead atoms. The minimum absolute atomic E-state index is 0.0836. The van der Waals surface area contributed by atoms with Crippen molar-refractivity contribution < 1.29 is 28.6 Å². The molecule has 0 heterocycles. The SMILES string of the molecule is CC/C=C\C/C=C\C/C=C\C/C=C\C/C=C\C/C=C\CCCCCCC(=O)OCC(COC(=O)CCCCCCCCCCCCCCCCCCC)OC(=O)CCCCCCCCC/C=C\CCCCCCCCC. The van der Waals surface area contributed by atoms with Crippen molar-refractivity contribution in [3.63, 3.8) is 0 Å². The quantitative estimate of drug-likeness (QED) is 0.0261. The fraction of sp³-hybridized carbons (Fsp3) is 0.757. The first-order valence-corrected chi connectivity index (χ1v) is 32.6. The maximum atomic E-state index is 12.9. The van der Waals surface area contributed by atoms with E-state index in [0.717, 1.165) is 109 Å². The molecule has 438 valence electrons. The molecular formula is C70H122O6. The second-order valence-corrected chi connectivity index (χ2v) is 21.6. The molecule has 0 rings (SSSR count). The number of rotatable bonds is 59. The van der Waals surface area contributed by atoms with Crippen molar-refractivity contribution in [3.05, 3.63) is 85.1 Å². The Morgan fingerprint density at radius 1 is 0.276 bits per heavy atom. The molecule has 6 nitrogen and oxygen atoms in total. The Morgan fingerprint density at radius 2 is 0.513 bits per heavy atom. The van der Waals surface area contributed by atoms with E-state index in [-0.39, 0.29) is 31.1 Å². The third-order valence-electron chi connectivity index (χ3n) is 14.1. The van der Waals surface area contributed by atoms with Gasteiger partial charge in [-0.3, -0.25) is 14.4 Å². The average Bonchev–Trinajstić information content (AvgIpc) is 3.42. The zero-order valence-corrected chi connectivity index (χ0v) is 50.3. The Kier molecular flexibility index (Phi) is 61.2. The van der Waals surface area contributed by atoms with E-state index < -0.39 is 6.10 Å². The Bertz CT molecular complexity index is 1450. The number of ether oxygens (including phenoxy) is 3. The van der Waals surface area contributed by atoms with Crippen LogP contribution in [0.4, 0.5) is 0 Å². The van der Waals surface area contributed by atoms with E-state index in [1.54, 1.807) is 0 Å². The van der Waals surface area contributed by atoms with Crippen molar-refractivity contribution in [1.29, 1.82) is 0 Å². The van der Waals surface area contributed by atoms with Crippen molar-refractivity contribution in [3.8, 4) is 0 Å². The summed E-state index contributed by atoms with van der Waals surface area (Å²) in [6, 6.07) is 0. The maximum Gasteiger partial charge on any atom is 0.306 e. The van der Waals surface area contributed by atoms with Gasteiger partial charge in [0.25, 0.3) is 0 Å². The van der Waals surface area contributed by atoms with Crippen LogP contribution in [0.1, 0.15) is 323 Å². The van der Waals surface area contributed by atoms with Crippen LogP contribution in [-0.4, -0.2) is 37.2 Å². The lowest BCUT2D eigenvalue weighted by Gasteiger charge is -2.18. The van der Waals surface area contributed by atoms with Crippen molar-refractivity contribution >= 4 is 17.9 Å². The van der Waals surface area contributed by atoms with Gasteiger partial charge in [-0.25, -0.2) is 0 Å². The van der Waals surface area contributed by atoms with Crippen LogP contribution in [0.3, 0.4) is 0 Å². The van der Waals surface area contributed by atoms with Gasteiger partial charge >= 0.3 is 17.9 Å². The number of hydrogen-bond acceptors (Lipinski definition) is 6. The van der Waals surface area contributed by atoms with Crippen molar-refractivity contribution in [2.75, 3.05) is 13.2 Å². The highest BCUT2D eigenvalue weighted by Crippen LogP contribution is 2.17. The molecule has 0 aromatic rings. The summed E-state index contributed by atoms with van der Waals surface area (Å²) < 4.78 is 16.9. The molecule has 76 heavy (non-hydrogen) atoms. The summed E-state index contributed by atoms with van der Waals surface area (Å²) in [4.78, 5) is 38.4. The molecule has 0 aliphatic rings. The maximum absolute atomic E-state index is 12.9. The molecule has 6 heteroatoms. The van der Waals surface area contributed by atoms with Crippen LogP contribution >= 0.6 is 0 Å². The predicted molar refractivity (Wildman–Crippen MR) is 330 cm³/mol. The summed E-state index contributed by atoms with van der Waals surface area (Å²) >= 11 is 0. The van der Waals surface area contributed by atoms with Crippen molar-refractivity contribution in [2.45, 2.75) is 329 Å². The Labute approximate surface area is 471 Å². The fourth-order valence-corrected chi connectivity index (χ4v) is 9.27. The summed E-state index contributed by atoms with van der Waals surface area (Å²) in [5.41, 5.74) is 0. The molecule has 0 amide bonds. The largest absolute Gasteiger partial charge is 0.462 e. The molecule has 0 saturated carbocycles. The van der Waals surface area contributed by atoms with Gasteiger partial charge in [-0.05, 0) is 96.3 Å². The lowest BCUT2D eigenvalue weighted by atomic mass is 10.0. The topological polar surface area (TPSA) is 78.9 Å². The van der Waals surface area contributed by atoms with Crippen LogP contribution in [0.25, 0.3) is 0 Å². The van der Waals surface area contributed by atoms with Gasteiger partial charge in [0.05, 0.1) is 0 Å². The van der Waals surface area contributed by atoms with E-state index >= 15 is 0 Å². The molecule has 0 fully saturated rings. The summed E-state index contributed by atoms with van der Waals surface area (Å²) in [7, 11) is 0. The lowest BCUT2D eigenvalue weighted by Crippen LogP contribution is -2.30. The highest BCUT2D eigenvalue weighted by molar-refractivity contribution is 5.71. The third-order valence-corrected chi connectivity index (χ3v) is 14.1. The first kappa shape index (κ1) is 72.6. The molecular weight excluding hydrogens is 937 g/mol. The highest BCUT2D eigenvalue weighted by Gasteiger charge is 2.19. The van der Waals surface area contributed by atoms with Crippen LogP contribution in [0.15, 0.2) is 85.1 Å². The summed E-state index contributed by atoms with van der Waals surface area (Å²) in [6.45, 7) is 6.54. The summed E-state index contributed by atoms with van der Waals surface area (Å²) in [6.07, 6.45) is 84.4. The minimum atomic E-state index is -0.790. The zero-order valence-electron chi connectivity index (χ0n) is 50.3.